The molecular formula is C25H35NO3. The van der Waals surface area contributed by atoms with Gasteiger partial charge in [0.1, 0.15) is 0 Å². The van der Waals surface area contributed by atoms with Gasteiger partial charge in [0.15, 0.2) is 0 Å². The van der Waals surface area contributed by atoms with Crippen LogP contribution in [0.1, 0.15) is 66.8 Å². The molecule has 0 unspecified atom stereocenters. The second-order valence-corrected chi connectivity index (χ2v) is 8.68. The molecular weight excluding hydrogens is 362 g/mol. The highest BCUT2D eigenvalue weighted by atomic mass is 16.5. The maximum absolute atomic E-state index is 12.7. The van der Waals surface area contributed by atoms with E-state index in [0.717, 1.165) is 34.5 Å². The van der Waals surface area contributed by atoms with Crippen LogP contribution in [0.3, 0.4) is 0 Å². The van der Waals surface area contributed by atoms with Crippen molar-refractivity contribution in [1.29, 1.82) is 0 Å². The van der Waals surface area contributed by atoms with E-state index in [0.29, 0.717) is 12.5 Å². The summed E-state index contributed by atoms with van der Waals surface area (Å²) in [5, 5.41) is 9.57. The van der Waals surface area contributed by atoms with Crippen LogP contribution >= 0.6 is 0 Å². The van der Waals surface area contributed by atoms with Crippen molar-refractivity contribution in [2.75, 3.05) is 13.2 Å². The largest absolute Gasteiger partial charge is 0.465 e. The standard InChI is InChI=1S/C25H35NO3/c1-16(2)15-29-24(28)13-23(25-19(5)8-9-20(6)26-25)22-10-7-17(3)11-21(22)12-18(4)14-27/h7-11,16,18,23,27H,12-15H2,1-6H3/t18-,23+/m0/s1. The van der Waals surface area contributed by atoms with Crippen LogP contribution in [0.5, 0.6) is 0 Å². The minimum atomic E-state index is -0.201. The van der Waals surface area contributed by atoms with Gasteiger partial charge in [-0.25, -0.2) is 0 Å². The summed E-state index contributed by atoms with van der Waals surface area (Å²) in [5.41, 5.74) is 6.36. The number of carbonyl (C=O) groups is 1. The number of aryl methyl sites for hydroxylation is 3. The number of aromatic nitrogens is 1. The zero-order valence-electron chi connectivity index (χ0n) is 18.7. The van der Waals surface area contributed by atoms with Crippen LogP contribution in [-0.4, -0.2) is 29.3 Å². The molecule has 2 aromatic rings. The van der Waals surface area contributed by atoms with E-state index < -0.39 is 0 Å². The lowest BCUT2D eigenvalue weighted by molar-refractivity contribution is -0.145. The molecule has 2 rings (SSSR count). The molecule has 2 atom stereocenters. The average Bonchev–Trinajstić information content (AvgIpc) is 2.67. The fourth-order valence-corrected chi connectivity index (χ4v) is 3.53. The van der Waals surface area contributed by atoms with Gasteiger partial charge in [-0.2, -0.15) is 0 Å². The Hall–Kier alpha value is -2.20. The summed E-state index contributed by atoms with van der Waals surface area (Å²) < 4.78 is 5.51. The third-order valence-corrected chi connectivity index (χ3v) is 5.11. The highest BCUT2D eigenvalue weighted by molar-refractivity contribution is 5.71. The molecule has 0 amide bonds. The predicted octanol–water partition coefficient (Wildman–Crippen LogP) is 4.90. The lowest BCUT2D eigenvalue weighted by atomic mass is 9.83. The van der Waals surface area contributed by atoms with Gasteiger partial charge >= 0.3 is 5.97 Å². The molecule has 0 saturated heterocycles. The SMILES string of the molecule is Cc1ccc([C@@H](CC(=O)OCC(C)C)c2nc(C)ccc2C)c(C[C@H](C)CO)c1. The van der Waals surface area contributed by atoms with Crippen LogP contribution in [0.2, 0.25) is 0 Å². The molecule has 0 aliphatic carbocycles. The van der Waals surface area contributed by atoms with Gasteiger partial charge in [0.2, 0.25) is 0 Å². The number of rotatable bonds is 9. The first-order valence-corrected chi connectivity index (χ1v) is 10.5. The first kappa shape index (κ1) is 23.1. The zero-order valence-corrected chi connectivity index (χ0v) is 18.7. The summed E-state index contributed by atoms with van der Waals surface area (Å²) in [5.74, 6) is 0.0800. The second-order valence-electron chi connectivity index (χ2n) is 8.68. The van der Waals surface area contributed by atoms with Gasteiger partial charge in [-0.05, 0) is 61.8 Å². The van der Waals surface area contributed by atoms with Crippen molar-refractivity contribution >= 4 is 5.97 Å². The number of carbonyl (C=O) groups excluding carboxylic acids is 1. The third-order valence-electron chi connectivity index (χ3n) is 5.11. The number of benzene rings is 1. The molecule has 1 heterocycles. The lowest BCUT2D eigenvalue weighted by Gasteiger charge is -2.23. The summed E-state index contributed by atoms with van der Waals surface area (Å²) in [6.45, 7) is 12.7. The zero-order chi connectivity index (χ0) is 21.6. The van der Waals surface area contributed by atoms with Crippen molar-refractivity contribution < 1.29 is 14.6 Å². The van der Waals surface area contributed by atoms with E-state index in [1.54, 1.807) is 0 Å². The minimum Gasteiger partial charge on any atom is -0.465 e. The van der Waals surface area contributed by atoms with E-state index in [-0.39, 0.29) is 30.8 Å². The Labute approximate surface area is 175 Å². The second kappa shape index (κ2) is 10.5. The molecule has 0 spiro atoms. The molecule has 0 fully saturated rings. The van der Waals surface area contributed by atoms with Crippen LogP contribution in [0.15, 0.2) is 30.3 Å². The van der Waals surface area contributed by atoms with Crippen LogP contribution in [0.4, 0.5) is 0 Å². The normalized spacial score (nSPS) is 13.4. The van der Waals surface area contributed by atoms with E-state index >= 15 is 0 Å². The molecule has 0 radical (unpaired) electrons. The van der Waals surface area contributed by atoms with Crippen molar-refractivity contribution in [2.45, 2.75) is 60.3 Å². The number of ether oxygens (including phenoxy) is 1. The molecule has 0 bridgehead atoms. The van der Waals surface area contributed by atoms with Crippen molar-refractivity contribution in [3.8, 4) is 0 Å². The van der Waals surface area contributed by atoms with Gasteiger partial charge < -0.3 is 9.84 Å². The first-order chi connectivity index (χ1) is 13.7. The van der Waals surface area contributed by atoms with E-state index in [1.165, 1.54) is 5.56 Å². The van der Waals surface area contributed by atoms with Gasteiger partial charge in [0.05, 0.1) is 18.7 Å². The Morgan fingerprint density at radius 3 is 2.48 bits per heavy atom. The van der Waals surface area contributed by atoms with E-state index in [2.05, 4.69) is 31.2 Å². The highest BCUT2D eigenvalue weighted by Gasteiger charge is 2.25. The molecule has 4 heteroatoms. The van der Waals surface area contributed by atoms with Gasteiger partial charge in [-0.15, -0.1) is 0 Å². The van der Waals surface area contributed by atoms with E-state index in [4.69, 9.17) is 9.72 Å². The van der Waals surface area contributed by atoms with Crippen molar-refractivity contribution in [1.82, 2.24) is 4.98 Å². The molecule has 1 N–H and O–H groups in total. The molecule has 1 aromatic carbocycles. The van der Waals surface area contributed by atoms with Crippen molar-refractivity contribution in [3.63, 3.8) is 0 Å². The van der Waals surface area contributed by atoms with Gasteiger partial charge in [0.25, 0.3) is 0 Å². The van der Waals surface area contributed by atoms with Gasteiger partial charge in [0, 0.05) is 18.2 Å². The summed E-state index contributed by atoms with van der Waals surface area (Å²) in [6.07, 6.45) is 1.02. The smallest absolute Gasteiger partial charge is 0.306 e. The van der Waals surface area contributed by atoms with Crippen LogP contribution in [0, 0.1) is 32.6 Å². The first-order valence-electron chi connectivity index (χ1n) is 10.5. The van der Waals surface area contributed by atoms with E-state index in [9.17, 15) is 9.90 Å². The Kier molecular flexibility index (Phi) is 8.39. The van der Waals surface area contributed by atoms with E-state index in [1.807, 2.05) is 40.7 Å². The molecule has 0 aliphatic rings. The molecule has 0 saturated carbocycles. The Morgan fingerprint density at radius 1 is 1.10 bits per heavy atom. The maximum Gasteiger partial charge on any atom is 0.306 e. The summed E-state index contributed by atoms with van der Waals surface area (Å²) in [4.78, 5) is 17.5. The fraction of sp³-hybridized carbons (Fsp3) is 0.520. The molecule has 1 aromatic heterocycles. The number of aliphatic hydroxyl groups is 1. The van der Waals surface area contributed by atoms with Gasteiger partial charge in [-0.1, -0.05) is 50.6 Å². The highest BCUT2D eigenvalue weighted by Crippen LogP contribution is 2.33. The Bertz CT molecular complexity index is 829. The molecule has 4 nitrogen and oxygen atoms in total. The number of pyridine rings is 1. The third kappa shape index (κ3) is 6.67. The number of hydrogen-bond donors (Lipinski definition) is 1. The Balaban J connectivity index is 2.50. The summed E-state index contributed by atoms with van der Waals surface area (Å²) >= 11 is 0. The lowest BCUT2D eigenvalue weighted by Crippen LogP contribution is -2.18. The topological polar surface area (TPSA) is 59.4 Å². The van der Waals surface area contributed by atoms with Crippen LogP contribution < -0.4 is 0 Å². The number of nitrogens with zero attached hydrogens (tertiary/aromatic N) is 1. The average molecular weight is 398 g/mol. The number of hydrogen-bond acceptors (Lipinski definition) is 4. The molecule has 158 valence electrons. The van der Waals surface area contributed by atoms with Crippen molar-refractivity contribution in [3.05, 3.63) is 64.0 Å². The predicted molar refractivity (Wildman–Crippen MR) is 117 cm³/mol. The minimum absolute atomic E-state index is 0.135. The van der Waals surface area contributed by atoms with Crippen molar-refractivity contribution in [2.24, 2.45) is 11.8 Å². The monoisotopic (exact) mass is 397 g/mol. The van der Waals surface area contributed by atoms with Crippen LogP contribution in [-0.2, 0) is 16.0 Å². The summed E-state index contributed by atoms with van der Waals surface area (Å²) in [6, 6.07) is 10.4. The number of esters is 1. The fourth-order valence-electron chi connectivity index (χ4n) is 3.53. The summed E-state index contributed by atoms with van der Waals surface area (Å²) in [7, 11) is 0. The maximum atomic E-state index is 12.7. The molecule has 29 heavy (non-hydrogen) atoms. The van der Waals surface area contributed by atoms with Gasteiger partial charge in [-0.3, -0.25) is 9.78 Å². The van der Waals surface area contributed by atoms with Crippen LogP contribution in [0.25, 0.3) is 0 Å². The number of aliphatic hydroxyl groups excluding tert-OH is 1. The Morgan fingerprint density at radius 2 is 1.83 bits per heavy atom. The quantitative estimate of drug-likeness (QED) is 0.612. The molecule has 0 aliphatic heterocycles.